The fourth-order valence-corrected chi connectivity index (χ4v) is 6.30. The van der Waals surface area contributed by atoms with Crippen LogP contribution in [0.25, 0.3) is 10.8 Å². The molecule has 0 aliphatic carbocycles. The molecule has 210 valence electrons. The molecule has 2 aliphatic rings. The van der Waals surface area contributed by atoms with E-state index in [-0.39, 0.29) is 25.4 Å². The van der Waals surface area contributed by atoms with Crippen molar-refractivity contribution in [2.75, 3.05) is 73.6 Å². The van der Waals surface area contributed by atoms with E-state index in [2.05, 4.69) is 58.4 Å². The third kappa shape index (κ3) is 6.24. The van der Waals surface area contributed by atoms with Gasteiger partial charge in [0.05, 0.1) is 19.3 Å². The van der Waals surface area contributed by atoms with E-state index in [0.29, 0.717) is 24.2 Å². The molecule has 2 N–H and O–H groups in total. The third-order valence-corrected chi connectivity index (χ3v) is 8.45. The predicted octanol–water partition coefficient (Wildman–Crippen LogP) is 4.29. The molecule has 39 heavy (non-hydrogen) atoms. The Bertz CT molecular complexity index is 1250. The number of hydrogen-bond donors (Lipinski definition) is 2. The number of anilines is 4. The zero-order valence-corrected chi connectivity index (χ0v) is 24.2. The molecule has 0 bridgehead atoms. The van der Waals surface area contributed by atoms with Crippen LogP contribution in [-0.2, 0) is 9.47 Å². The van der Waals surface area contributed by atoms with Crippen molar-refractivity contribution in [3.8, 4) is 0 Å². The van der Waals surface area contributed by atoms with Crippen LogP contribution in [0.15, 0.2) is 36.7 Å². The Morgan fingerprint density at radius 2 is 1.92 bits per heavy atom. The second kappa shape index (κ2) is 12.7. The molecule has 2 atom stereocenters. The lowest BCUT2D eigenvalue weighted by Gasteiger charge is -2.41. The summed E-state index contributed by atoms with van der Waals surface area (Å²) in [6.45, 7) is 8.32. The third-order valence-electron chi connectivity index (χ3n) is 7.64. The summed E-state index contributed by atoms with van der Waals surface area (Å²) in [7, 11) is 1.70. The number of thioether (sulfide) groups is 1. The number of hydrogen-bond acceptors (Lipinski definition) is 10. The molecule has 0 radical (unpaired) electrons. The molecular weight excluding hydrogens is 512 g/mol. The molecule has 10 heteroatoms. The number of ether oxygens (including phenoxy) is 2. The molecule has 0 saturated carbocycles. The minimum absolute atomic E-state index is 0.0105. The van der Waals surface area contributed by atoms with Crippen LogP contribution in [0.5, 0.6) is 0 Å². The second-order valence-corrected chi connectivity index (χ2v) is 11.6. The monoisotopic (exact) mass is 552 g/mol. The van der Waals surface area contributed by atoms with Gasteiger partial charge in [-0.1, -0.05) is 19.9 Å². The molecule has 2 fully saturated rings. The Labute approximate surface area is 235 Å². The number of nitrogens with zero attached hydrogens (tertiary/aromatic N) is 5. The van der Waals surface area contributed by atoms with Gasteiger partial charge >= 0.3 is 0 Å². The fraction of sp³-hybridized carbons (Fsp3) is 0.552. The summed E-state index contributed by atoms with van der Waals surface area (Å²) in [6.07, 6.45) is 6.59. The fourth-order valence-electron chi connectivity index (χ4n) is 5.61. The topological polar surface area (TPSA) is 95.9 Å². The smallest absolute Gasteiger partial charge is 0.227 e. The normalized spacial score (nSPS) is 20.1. The molecular formula is C29H40N6O3S. The number of aromatic nitrogens is 3. The molecule has 9 nitrogen and oxygen atoms in total. The van der Waals surface area contributed by atoms with Gasteiger partial charge in [-0.2, -0.15) is 16.7 Å². The zero-order chi connectivity index (χ0) is 27.4. The first-order chi connectivity index (χ1) is 19.0. The lowest BCUT2D eigenvalue weighted by atomic mass is 9.93. The molecule has 2 saturated heterocycles. The lowest BCUT2D eigenvalue weighted by molar-refractivity contribution is -0.0707. The molecule has 0 spiro atoms. The first-order valence-electron chi connectivity index (χ1n) is 13.8. The van der Waals surface area contributed by atoms with Crippen LogP contribution in [0.2, 0.25) is 0 Å². The molecule has 3 aromatic rings. The van der Waals surface area contributed by atoms with Gasteiger partial charge in [0, 0.05) is 62.7 Å². The lowest BCUT2D eigenvalue weighted by Crippen LogP contribution is -2.49. The summed E-state index contributed by atoms with van der Waals surface area (Å²) in [5.41, 5.74) is 2.59. The Kier molecular flexibility index (Phi) is 9.06. The van der Waals surface area contributed by atoms with E-state index in [1.165, 1.54) is 27.8 Å². The van der Waals surface area contributed by atoms with E-state index in [0.717, 1.165) is 37.8 Å². The zero-order valence-electron chi connectivity index (χ0n) is 23.3. The van der Waals surface area contributed by atoms with Gasteiger partial charge in [-0.3, -0.25) is 0 Å². The summed E-state index contributed by atoms with van der Waals surface area (Å²) in [5.74, 6) is 4.47. The van der Waals surface area contributed by atoms with Gasteiger partial charge in [0.25, 0.3) is 0 Å². The van der Waals surface area contributed by atoms with Gasteiger partial charge in [0.1, 0.15) is 17.7 Å². The van der Waals surface area contributed by atoms with Crippen LogP contribution < -0.4 is 15.1 Å². The number of aliphatic hydroxyl groups excluding tert-OH is 1. The van der Waals surface area contributed by atoms with Crippen LogP contribution in [0.4, 0.5) is 23.3 Å². The van der Waals surface area contributed by atoms with Gasteiger partial charge in [-0.25, -0.2) is 9.97 Å². The summed E-state index contributed by atoms with van der Waals surface area (Å²) in [4.78, 5) is 18.7. The van der Waals surface area contributed by atoms with Gasteiger partial charge in [0.2, 0.25) is 5.95 Å². The van der Waals surface area contributed by atoms with Crippen LogP contribution in [-0.4, -0.2) is 90.8 Å². The van der Waals surface area contributed by atoms with Crippen molar-refractivity contribution < 1.29 is 14.6 Å². The standard InChI is InChI=1S/C29H40N6O3S/c1-19(2)21-5-6-24(35-15-20(16-35)18-39-4)23-14-31-28(13-22(21)23)32-27-7-9-30-29(33-27)34-10-8-25(37-3)26(17-34)38-12-11-36/h5-7,9,13-14,19-20,25-26,36H,8,10-12,15-18H2,1-4H3,(H,30,31,32,33). The van der Waals surface area contributed by atoms with Crippen molar-refractivity contribution in [3.05, 3.63) is 42.2 Å². The molecule has 0 amide bonds. The maximum atomic E-state index is 9.20. The van der Waals surface area contributed by atoms with Crippen molar-refractivity contribution in [1.29, 1.82) is 0 Å². The minimum Gasteiger partial charge on any atom is -0.394 e. The van der Waals surface area contributed by atoms with E-state index in [1.54, 1.807) is 13.3 Å². The second-order valence-electron chi connectivity index (χ2n) is 10.7. The Morgan fingerprint density at radius 3 is 2.67 bits per heavy atom. The number of methoxy groups -OCH3 is 1. The van der Waals surface area contributed by atoms with Gasteiger partial charge in [0.15, 0.2) is 0 Å². The summed E-state index contributed by atoms with van der Waals surface area (Å²) >= 11 is 1.93. The van der Waals surface area contributed by atoms with Gasteiger partial charge < -0.3 is 29.7 Å². The number of pyridine rings is 1. The molecule has 2 aliphatic heterocycles. The quantitative estimate of drug-likeness (QED) is 0.359. The molecule has 5 rings (SSSR count). The Balaban J connectivity index is 1.36. The molecule has 1 aromatic carbocycles. The first-order valence-corrected chi connectivity index (χ1v) is 15.2. The van der Waals surface area contributed by atoms with E-state index in [9.17, 15) is 5.11 Å². The highest BCUT2D eigenvalue weighted by atomic mass is 32.2. The number of nitrogens with one attached hydrogen (secondary N) is 1. The van der Waals surface area contributed by atoms with Crippen LogP contribution in [0.1, 0.15) is 31.7 Å². The van der Waals surface area contributed by atoms with E-state index >= 15 is 0 Å². The summed E-state index contributed by atoms with van der Waals surface area (Å²) in [5, 5.41) is 15.0. The number of benzene rings is 1. The highest BCUT2D eigenvalue weighted by Gasteiger charge is 2.31. The van der Waals surface area contributed by atoms with Crippen LogP contribution in [0, 0.1) is 5.92 Å². The van der Waals surface area contributed by atoms with Crippen molar-refractivity contribution in [2.45, 2.75) is 38.4 Å². The predicted molar refractivity (Wildman–Crippen MR) is 160 cm³/mol. The van der Waals surface area contributed by atoms with Gasteiger partial charge in [-0.15, -0.1) is 0 Å². The van der Waals surface area contributed by atoms with Crippen molar-refractivity contribution in [3.63, 3.8) is 0 Å². The van der Waals surface area contributed by atoms with E-state index in [4.69, 9.17) is 19.4 Å². The number of rotatable bonds is 11. The average molecular weight is 553 g/mol. The van der Waals surface area contributed by atoms with E-state index in [1.807, 2.05) is 24.0 Å². The molecule has 2 unspecified atom stereocenters. The van der Waals surface area contributed by atoms with Gasteiger partial charge in [-0.05, 0) is 53.5 Å². The maximum absolute atomic E-state index is 9.20. The first kappa shape index (κ1) is 27.9. The number of piperidine rings is 1. The van der Waals surface area contributed by atoms with Crippen molar-refractivity contribution >= 4 is 45.8 Å². The van der Waals surface area contributed by atoms with Crippen molar-refractivity contribution in [2.24, 2.45) is 5.92 Å². The van der Waals surface area contributed by atoms with E-state index < -0.39 is 0 Å². The Hall–Kier alpha value is -2.66. The molecule has 2 aromatic heterocycles. The molecule has 4 heterocycles. The van der Waals surface area contributed by atoms with Crippen LogP contribution >= 0.6 is 11.8 Å². The SMILES string of the molecule is COC1CCN(c2nccc(Nc3cc4c(C(C)C)ccc(N5CC(CSC)C5)c4cn3)n2)CC1OCCO. The largest absolute Gasteiger partial charge is 0.394 e. The highest BCUT2D eigenvalue weighted by molar-refractivity contribution is 7.98. The van der Waals surface area contributed by atoms with Crippen LogP contribution in [0.3, 0.4) is 0 Å². The number of aliphatic hydroxyl groups is 1. The van der Waals surface area contributed by atoms with Crippen molar-refractivity contribution in [1.82, 2.24) is 15.0 Å². The number of fused-ring (bicyclic) bond motifs is 1. The minimum atomic E-state index is -0.149. The average Bonchev–Trinajstić information content (AvgIpc) is 2.93. The Morgan fingerprint density at radius 1 is 1.08 bits per heavy atom. The maximum Gasteiger partial charge on any atom is 0.227 e. The highest BCUT2D eigenvalue weighted by Crippen LogP contribution is 2.37. The summed E-state index contributed by atoms with van der Waals surface area (Å²) in [6, 6.07) is 8.55. The summed E-state index contributed by atoms with van der Waals surface area (Å²) < 4.78 is 11.4.